The van der Waals surface area contributed by atoms with Crippen LogP contribution in [0.3, 0.4) is 0 Å². The maximum absolute atomic E-state index is 12.0. The van der Waals surface area contributed by atoms with Gasteiger partial charge in [-0.3, -0.25) is 4.79 Å². The molecule has 0 aliphatic rings. The van der Waals surface area contributed by atoms with Crippen molar-refractivity contribution in [3.8, 4) is 11.5 Å². The first-order valence-corrected chi connectivity index (χ1v) is 9.13. The predicted molar refractivity (Wildman–Crippen MR) is 105 cm³/mol. The predicted octanol–water partition coefficient (Wildman–Crippen LogP) is 3.48. The van der Waals surface area contributed by atoms with Crippen molar-refractivity contribution >= 4 is 34.5 Å². The van der Waals surface area contributed by atoms with Gasteiger partial charge in [-0.25, -0.2) is 10.4 Å². The van der Waals surface area contributed by atoms with Gasteiger partial charge in [-0.05, 0) is 37.3 Å². The summed E-state index contributed by atoms with van der Waals surface area (Å²) in [6.07, 6.45) is 0. The zero-order valence-electron chi connectivity index (χ0n) is 15.2. The van der Waals surface area contributed by atoms with Crippen molar-refractivity contribution in [2.45, 2.75) is 12.1 Å². The van der Waals surface area contributed by atoms with E-state index < -0.39 is 0 Å². The normalized spacial score (nSPS) is 11.4. The van der Waals surface area contributed by atoms with Crippen LogP contribution < -0.4 is 14.9 Å². The van der Waals surface area contributed by atoms with Crippen molar-refractivity contribution in [1.82, 2.24) is 10.4 Å². The molecular weight excluding hydrogens is 366 g/mol. The molecule has 3 aromatic rings. The van der Waals surface area contributed by atoms with Gasteiger partial charge in [-0.1, -0.05) is 23.9 Å². The van der Waals surface area contributed by atoms with Crippen molar-refractivity contribution in [2.24, 2.45) is 5.10 Å². The molecule has 1 N–H and O–H groups in total. The molecule has 0 saturated carbocycles. The van der Waals surface area contributed by atoms with Crippen molar-refractivity contribution in [3.05, 3.63) is 48.0 Å². The van der Waals surface area contributed by atoms with E-state index in [-0.39, 0.29) is 11.7 Å². The van der Waals surface area contributed by atoms with Crippen molar-refractivity contribution in [3.63, 3.8) is 0 Å². The summed E-state index contributed by atoms with van der Waals surface area (Å²) in [5.41, 5.74) is 5.47. The van der Waals surface area contributed by atoms with Gasteiger partial charge in [0.25, 0.3) is 11.1 Å². The van der Waals surface area contributed by atoms with Gasteiger partial charge < -0.3 is 13.9 Å². The summed E-state index contributed by atoms with van der Waals surface area (Å²) in [7, 11) is 3.15. The van der Waals surface area contributed by atoms with Gasteiger partial charge in [0.2, 0.25) is 0 Å². The van der Waals surface area contributed by atoms with E-state index in [0.717, 1.165) is 11.1 Å². The zero-order chi connectivity index (χ0) is 19.2. The van der Waals surface area contributed by atoms with E-state index in [1.54, 1.807) is 33.3 Å². The third-order valence-electron chi connectivity index (χ3n) is 3.75. The molecule has 0 unspecified atom stereocenters. The number of ether oxygens (including phenoxy) is 2. The highest BCUT2D eigenvalue weighted by atomic mass is 32.2. The standard InChI is InChI=1S/C19H19N3O4S/c1-12(13-8-9-16(24-2)17(10-13)25-3)21-22-18(23)11-27-19-20-14-6-4-5-7-15(14)26-19/h4-10H,11H2,1-3H3,(H,22,23)/b21-12+. The highest BCUT2D eigenvalue weighted by Crippen LogP contribution is 2.27. The second-order valence-corrected chi connectivity index (χ2v) is 6.46. The van der Waals surface area contributed by atoms with Crippen LogP contribution in [-0.2, 0) is 4.79 Å². The Morgan fingerprint density at radius 3 is 2.70 bits per heavy atom. The molecule has 0 saturated heterocycles. The number of methoxy groups -OCH3 is 2. The van der Waals surface area contributed by atoms with Crippen LogP contribution in [0.2, 0.25) is 0 Å². The molecule has 27 heavy (non-hydrogen) atoms. The molecule has 140 valence electrons. The second-order valence-electron chi connectivity index (χ2n) is 5.54. The van der Waals surface area contributed by atoms with Gasteiger partial charge in [-0.15, -0.1) is 0 Å². The lowest BCUT2D eigenvalue weighted by Crippen LogP contribution is -2.21. The molecule has 0 aliphatic carbocycles. The molecule has 1 heterocycles. The van der Waals surface area contributed by atoms with Gasteiger partial charge >= 0.3 is 0 Å². The van der Waals surface area contributed by atoms with E-state index in [4.69, 9.17) is 13.9 Å². The Kier molecular flexibility index (Phi) is 5.97. The number of carbonyl (C=O) groups excluding carboxylic acids is 1. The number of carbonyl (C=O) groups is 1. The highest BCUT2D eigenvalue weighted by Gasteiger charge is 2.10. The number of nitrogens with one attached hydrogen (secondary N) is 1. The highest BCUT2D eigenvalue weighted by molar-refractivity contribution is 7.99. The smallest absolute Gasteiger partial charge is 0.257 e. The molecule has 0 radical (unpaired) electrons. The van der Waals surface area contributed by atoms with E-state index in [9.17, 15) is 4.79 Å². The Morgan fingerprint density at radius 2 is 1.96 bits per heavy atom. The molecule has 0 bridgehead atoms. The van der Waals surface area contributed by atoms with Crippen LogP contribution in [0.5, 0.6) is 11.5 Å². The number of amides is 1. The first kappa shape index (κ1) is 18.8. The Hall–Kier alpha value is -3.00. The van der Waals surface area contributed by atoms with Crippen molar-refractivity contribution in [2.75, 3.05) is 20.0 Å². The minimum Gasteiger partial charge on any atom is -0.493 e. The molecule has 1 amide bonds. The summed E-state index contributed by atoms with van der Waals surface area (Å²) in [5.74, 6) is 1.13. The number of hydrogen-bond donors (Lipinski definition) is 1. The van der Waals surface area contributed by atoms with E-state index >= 15 is 0 Å². The van der Waals surface area contributed by atoms with Gasteiger partial charge in [0.05, 0.1) is 25.7 Å². The fraction of sp³-hybridized carbons (Fsp3) is 0.211. The number of para-hydroxylation sites is 2. The zero-order valence-corrected chi connectivity index (χ0v) is 16.0. The molecule has 0 fully saturated rings. The lowest BCUT2D eigenvalue weighted by molar-refractivity contribution is -0.118. The first-order chi connectivity index (χ1) is 13.1. The third kappa shape index (κ3) is 4.59. The van der Waals surface area contributed by atoms with Crippen LogP contribution >= 0.6 is 11.8 Å². The number of oxazole rings is 1. The summed E-state index contributed by atoms with van der Waals surface area (Å²) in [6.45, 7) is 1.80. The number of nitrogens with zero attached hydrogens (tertiary/aromatic N) is 2. The van der Waals surface area contributed by atoms with Crippen LogP contribution in [-0.4, -0.2) is 36.6 Å². The summed E-state index contributed by atoms with van der Waals surface area (Å²) >= 11 is 1.22. The van der Waals surface area contributed by atoms with Gasteiger partial charge in [0.15, 0.2) is 17.1 Å². The number of hydrogen-bond acceptors (Lipinski definition) is 7. The second kappa shape index (κ2) is 8.59. The number of aromatic nitrogens is 1. The Morgan fingerprint density at radius 1 is 1.19 bits per heavy atom. The fourth-order valence-electron chi connectivity index (χ4n) is 2.34. The van der Waals surface area contributed by atoms with Crippen LogP contribution in [0.25, 0.3) is 11.1 Å². The maximum atomic E-state index is 12.0. The lowest BCUT2D eigenvalue weighted by Gasteiger charge is -2.09. The Bertz CT molecular complexity index is 951. The van der Waals surface area contributed by atoms with E-state index in [0.29, 0.717) is 28.0 Å². The number of hydrazone groups is 1. The molecule has 3 rings (SSSR count). The molecule has 8 heteroatoms. The molecule has 2 aromatic carbocycles. The van der Waals surface area contributed by atoms with Crippen LogP contribution in [0.4, 0.5) is 0 Å². The summed E-state index contributed by atoms with van der Waals surface area (Å²) < 4.78 is 16.1. The van der Waals surface area contributed by atoms with Crippen LogP contribution in [0, 0.1) is 0 Å². The molecule has 0 atom stereocenters. The maximum Gasteiger partial charge on any atom is 0.257 e. The monoisotopic (exact) mass is 385 g/mol. The third-order valence-corrected chi connectivity index (χ3v) is 4.58. The molecule has 0 aliphatic heterocycles. The quantitative estimate of drug-likeness (QED) is 0.381. The molecule has 7 nitrogen and oxygen atoms in total. The first-order valence-electron chi connectivity index (χ1n) is 8.14. The Balaban J connectivity index is 1.58. The lowest BCUT2D eigenvalue weighted by atomic mass is 10.1. The molecule has 1 aromatic heterocycles. The summed E-state index contributed by atoms with van der Waals surface area (Å²) in [4.78, 5) is 16.4. The van der Waals surface area contributed by atoms with Crippen molar-refractivity contribution < 1.29 is 18.7 Å². The summed E-state index contributed by atoms with van der Waals surface area (Å²) in [5, 5.41) is 4.59. The SMILES string of the molecule is COc1ccc(/C(C)=N/NC(=O)CSc2nc3ccccc3o2)cc1OC. The van der Waals surface area contributed by atoms with E-state index in [1.165, 1.54) is 11.8 Å². The topological polar surface area (TPSA) is 86.0 Å². The number of rotatable bonds is 7. The molecule has 0 spiro atoms. The van der Waals surface area contributed by atoms with E-state index in [2.05, 4.69) is 15.5 Å². The number of fused-ring (bicyclic) bond motifs is 1. The van der Waals surface area contributed by atoms with Gasteiger partial charge in [-0.2, -0.15) is 5.10 Å². The van der Waals surface area contributed by atoms with Crippen molar-refractivity contribution in [1.29, 1.82) is 0 Å². The molecular formula is C19H19N3O4S. The van der Waals surface area contributed by atoms with Crippen LogP contribution in [0.15, 0.2) is 57.2 Å². The number of benzene rings is 2. The minimum atomic E-state index is -0.248. The average Bonchev–Trinajstić information content (AvgIpc) is 3.12. The number of thioether (sulfide) groups is 1. The van der Waals surface area contributed by atoms with E-state index in [1.807, 2.05) is 30.3 Å². The van der Waals surface area contributed by atoms with Crippen LogP contribution in [0.1, 0.15) is 12.5 Å². The average molecular weight is 385 g/mol. The van der Waals surface area contributed by atoms with Gasteiger partial charge in [0, 0.05) is 5.56 Å². The minimum absolute atomic E-state index is 0.148. The summed E-state index contributed by atoms with van der Waals surface area (Å²) in [6, 6.07) is 12.9. The Labute approximate surface area is 160 Å². The van der Waals surface area contributed by atoms with Gasteiger partial charge in [0.1, 0.15) is 5.52 Å². The fourth-order valence-corrected chi connectivity index (χ4v) is 2.98. The largest absolute Gasteiger partial charge is 0.493 e.